The molecule has 0 aromatic heterocycles. The molecule has 0 spiro atoms. The van der Waals surface area contributed by atoms with Crippen molar-refractivity contribution >= 4 is 69.2 Å². The van der Waals surface area contributed by atoms with E-state index in [2.05, 4.69) is 31.3 Å². The van der Waals surface area contributed by atoms with E-state index in [9.17, 15) is 51.6 Å². The summed E-state index contributed by atoms with van der Waals surface area (Å²) in [6.07, 6.45) is -0.175. The first-order chi connectivity index (χ1) is 41.3. The number of nitrogens with one attached hydrogen (secondary N) is 6. The van der Waals surface area contributed by atoms with Crippen LogP contribution in [0.25, 0.3) is 0 Å². The van der Waals surface area contributed by atoms with Crippen molar-refractivity contribution in [3.05, 3.63) is 65.7 Å². The number of carbonyl (C=O) groups excluding carboxylic acids is 9. The molecule has 10 amide bonds. The molecule has 1 saturated heterocycles. The van der Waals surface area contributed by atoms with Crippen LogP contribution in [0.4, 0.5) is 15.3 Å². The summed E-state index contributed by atoms with van der Waals surface area (Å²) in [6, 6.07) is 8.14. The van der Waals surface area contributed by atoms with Crippen molar-refractivity contribution in [3.63, 3.8) is 0 Å². The molecule has 12 atom stereocenters. The molecule has 88 heavy (non-hydrogen) atoms. The van der Waals surface area contributed by atoms with Crippen LogP contribution >= 0.6 is 0 Å². The number of anilines is 1. The van der Waals surface area contributed by atoms with Crippen molar-refractivity contribution in [2.45, 2.75) is 194 Å². The predicted molar refractivity (Wildman–Crippen MR) is 335 cm³/mol. The van der Waals surface area contributed by atoms with Gasteiger partial charge in [0, 0.05) is 53.5 Å². The minimum Gasteiger partial charge on any atom is -0.445 e. The third-order valence-electron chi connectivity index (χ3n) is 16.6. The molecule has 0 aliphatic carbocycles. The molecule has 3 rings (SSSR count). The van der Waals surface area contributed by atoms with E-state index in [1.54, 1.807) is 122 Å². The molecule has 25 nitrogen and oxygen atoms in total. The average molecular weight is 1260 g/mol. The molecule has 494 valence electrons. The number of amides is 10. The van der Waals surface area contributed by atoms with Crippen LogP contribution in [0.1, 0.15) is 132 Å². The summed E-state index contributed by atoms with van der Waals surface area (Å²) in [5.41, 5.74) is 12.8. The van der Waals surface area contributed by atoms with E-state index in [1.165, 1.54) is 38.0 Å². The second-order valence-electron chi connectivity index (χ2n) is 24.1. The number of methoxy groups -OCH3 is 2. The van der Waals surface area contributed by atoms with Crippen LogP contribution in [0.2, 0.25) is 0 Å². The predicted octanol–water partition coefficient (Wildman–Crippen LogP) is 4.17. The summed E-state index contributed by atoms with van der Waals surface area (Å²) in [6.45, 7) is 19.7. The highest BCUT2D eigenvalue weighted by Gasteiger charge is 2.44. The van der Waals surface area contributed by atoms with E-state index < -0.39 is 135 Å². The number of carbonyl (C=O) groups is 9. The molecule has 1 aliphatic rings. The van der Waals surface area contributed by atoms with E-state index in [4.69, 9.17) is 25.7 Å². The van der Waals surface area contributed by atoms with Crippen LogP contribution in [-0.4, -0.2) is 178 Å². The van der Waals surface area contributed by atoms with Gasteiger partial charge in [-0.3, -0.25) is 43.2 Å². The lowest BCUT2D eigenvalue weighted by molar-refractivity contribution is -0.148. The zero-order valence-corrected chi connectivity index (χ0v) is 55.1. The normalized spacial score (nSPS) is 17.2. The number of hydrogen-bond donors (Lipinski definition) is 8. The lowest BCUT2D eigenvalue weighted by atomic mass is 9.89. The van der Waals surface area contributed by atoms with E-state index in [0.717, 1.165) is 0 Å². The van der Waals surface area contributed by atoms with Crippen LogP contribution in [0.3, 0.4) is 0 Å². The highest BCUT2D eigenvalue weighted by Crippen LogP contribution is 2.30. The zero-order valence-electron chi connectivity index (χ0n) is 54.3. The Bertz CT molecular complexity index is 2740. The van der Waals surface area contributed by atoms with E-state index in [1.807, 2.05) is 13.8 Å². The minimum atomic E-state index is -4.04. The fraction of sp³-hybridized carbons (Fsp3) is 0.661. The highest BCUT2D eigenvalue weighted by molar-refractivity contribution is 7.90. The van der Waals surface area contributed by atoms with Crippen molar-refractivity contribution in [2.75, 3.05) is 46.7 Å². The van der Waals surface area contributed by atoms with Gasteiger partial charge in [-0.05, 0) is 86.0 Å². The fourth-order valence-electron chi connectivity index (χ4n) is 10.7. The van der Waals surface area contributed by atoms with Gasteiger partial charge in [-0.1, -0.05) is 118 Å². The molecule has 2 aromatic carbocycles. The molecular formula is C62H101N11O14S. The number of ether oxygens (including phenoxy) is 3. The van der Waals surface area contributed by atoms with Gasteiger partial charge in [-0.15, -0.1) is 0 Å². The summed E-state index contributed by atoms with van der Waals surface area (Å²) < 4.78 is 45.8. The largest absolute Gasteiger partial charge is 0.445 e. The third kappa shape index (κ3) is 22.0. The van der Waals surface area contributed by atoms with E-state index in [0.29, 0.717) is 49.0 Å². The van der Waals surface area contributed by atoms with Crippen molar-refractivity contribution in [2.24, 2.45) is 41.1 Å². The van der Waals surface area contributed by atoms with Crippen LogP contribution in [0.15, 0.2) is 54.6 Å². The number of benzene rings is 2. The van der Waals surface area contributed by atoms with Crippen LogP contribution in [0, 0.1) is 29.6 Å². The van der Waals surface area contributed by atoms with E-state index >= 15 is 0 Å². The van der Waals surface area contributed by atoms with Gasteiger partial charge >= 0.3 is 12.1 Å². The van der Waals surface area contributed by atoms with Gasteiger partial charge in [0.05, 0.1) is 47.9 Å². The molecule has 1 aliphatic heterocycles. The topological polar surface area (TPSA) is 349 Å². The Hall–Kier alpha value is -6.90. The Morgan fingerprint density at radius 1 is 0.716 bits per heavy atom. The maximum Gasteiger partial charge on any atom is 0.410 e. The lowest BCUT2D eigenvalue weighted by Gasteiger charge is -2.41. The van der Waals surface area contributed by atoms with Crippen molar-refractivity contribution in [1.29, 1.82) is 0 Å². The molecule has 1 fully saturated rings. The van der Waals surface area contributed by atoms with Crippen LogP contribution in [0.5, 0.6) is 0 Å². The highest BCUT2D eigenvalue weighted by atomic mass is 32.2. The zero-order chi connectivity index (χ0) is 66.3. The molecule has 26 heteroatoms. The molecule has 0 bridgehead atoms. The first kappa shape index (κ1) is 75.4. The first-order valence-corrected chi connectivity index (χ1v) is 32.1. The Balaban J connectivity index is 1.75. The summed E-state index contributed by atoms with van der Waals surface area (Å²) >= 11 is 0. The summed E-state index contributed by atoms with van der Waals surface area (Å²) in [4.78, 5) is 127. The number of sulfonamides is 1. The third-order valence-corrected chi connectivity index (χ3v) is 18.4. The number of primary amides is 1. The number of likely N-dealkylation sites (tertiary alicyclic amines) is 1. The Kier molecular flexibility index (Phi) is 30.8. The van der Waals surface area contributed by atoms with Gasteiger partial charge in [-0.25, -0.2) is 18.0 Å². The minimum absolute atomic E-state index is 0.00886. The first-order valence-electron chi connectivity index (χ1n) is 30.6. The number of urea groups is 1. The molecule has 1 heterocycles. The van der Waals surface area contributed by atoms with Crippen molar-refractivity contribution < 1.29 is 65.8 Å². The van der Waals surface area contributed by atoms with Crippen LogP contribution in [-0.2, 0) is 70.8 Å². The molecule has 0 radical (unpaired) electrons. The Morgan fingerprint density at radius 2 is 1.34 bits per heavy atom. The second-order valence-corrected chi connectivity index (χ2v) is 26.2. The maximum atomic E-state index is 14.8. The number of nitrogens with two attached hydrogens (primary N) is 2. The lowest BCUT2D eigenvalue weighted by Crippen LogP contribution is -2.60. The summed E-state index contributed by atoms with van der Waals surface area (Å²) in [5, 5.41) is 12.8. The maximum absolute atomic E-state index is 14.8. The SMILES string of the molecule is CCC(C)C(C(CC(=O)N1CCCC1C(OC)C(C)C(=O)NC(Cc1ccccc1)C(=O)NS(=O)(=O)C(C)CC)OC)N(C)C(=O)C(NC(=O)C(C(C)C)N(C)C(=O)OCc1ccc(NC(=O)C(CCCNC(N)=O)NC(=O)C(N)C(C)C)cc1)C(C)C. The fourth-order valence-corrected chi connectivity index (χ4v) is 11.8. The van der Waals surface area contributed by atoms with Crippen molar-refractivity contribution in [3.8, 4) is 0 Å². The second kappa shape index (κ2) is 35.9. The van der Waals surface area contributed by atoms with E-state index in [-0.39, 0.29) is 56.6 Å². The van der Waals surface area contributed by atoms with Gasteiger partial charge in [-0.2, -0.15) is 0 Å². The Morgan fingerprint density at radius 3 is 1.89 bits per heavy atom. The quantitative estimate of drug-likeness (QED) is 0.0449. The van der Waals surface area contributed by atoms with Gasteiger partial charge in [0.25, 0.3) is 5.91 Å². The molecule has 12 unspecified atom stereocenters. The number of likely N-dealkylation sites (N-methyl/N-ethyl adjacent to an activating group) is 2. The molecule has 2 aromatic rings. The molecule has 10 N–H and O–H groups in total. The smallest absolute Gasteiger partial charge is 0.410 e. The molecule has 0 saturated carbocycles. The van der Waals surface area contributed by atoms with Crippen molar-refractivity contribution in [1.82, 2.24) is 40.7 Å². The van der Waals surface area contributed by atoms with Gasteiger partial charge in [0.2, 0.25) is 45.5 Å². The monoisotopic (exact) mass is 1260 g/mol. The number of nitrogens with zero attached hydrogens (tertiary/aromatic N) is 3. The van der Waals surface area contributed by atoms with Crippen LogP contribution < -0.4 is 42.8 Å². The van der Waals surface area contributed by atoms with Gasteiger partial charge in [0.1, 0.15) is 30.8 Å². The average Bonchev–Trinajstić information content (AvgIpc) is 2.43. The number of rotatable bonds is 35. The van der Waals surface area contributed by atoms with Gasteiger partial charge < -0.3 is 62.1 Å². The Labute approximate surface area is 521 Å². The van der Waals surface area contributed by atoms with Gasteiger partial charge in [0.15, 0.2) is 0 Å². The number of hydrogen-bond acceptors (Lipinski definition) is 15. The standard InChI is InChI=1S/C62H101N11O14S/c1-16-39(9)53(48(85-14)34-49(74)73-32-22-26-47(73)54(86-15)41(11)55(75)68-46(33-42-23-19-18-20-24-42)57(77)70-88(83,84)40(10)17-2)71(12)60(80)51(37(5)6)69-59(79)52(38(7)8)72(13)62(82)87-35-43-27-29-44(30-28-43)66-56(76)45(25-21-31-65-61(64)81)67-58(78)50(63)36(3)4/h18-20,23-24,27-30,36-41,45-48,50-54H,16-17,21-22,25-26,31-35,63H2,1-15H3,(H,66,76)(H,67,78)(H,68,75)(H,69,79)(H,70,77)(H3,64,65,81). The molecular weight excluding hydrogens is 1150 g/mol. The summed E-state index contributed by atoms with van der Waals surface area (Å²) in [7, 11) is 1.92. The summed E-state index contributed by atoms with van der Waals surface area (Å²) in [5.74, 6) is -6.02.